The second kappa shape index (κ2) is 6.13. The van der Waals surface area contributed by atoms with Crippen molar-refractivity contribution in [2.24, 2.45) is 0 Å². The normalized spacial score (nSPS) is 14.2. The highest BCUT2D eigenvalue weighted by atomic mass is 35.5. The lowest BCUT2D eigenvalue weighted by molar-refractivity contribution is -0.384. The van der Waals surface area contributed by atoms with E-state index in [1.54, 1.807) is 6.92 Å². The second-order valence-electron chi connectivity index (χ2n) is 4.49. The number of benzene rings is 1. The number of nitro groups is 1. The summed E-state index contributed by atoms with van der Waals surface area (Å²) in [5, 5.41) is 24.0. The van der Waals surface area contributed by atoms with Gasteiger partial charge in [0.15, 0.2) is 0 Å². The number of nitro benzene ring substituents is 1. The Morgan fingerprint density at radius 2 is 2.22 bits per heavy atom. The zero-order chi connectivity index (χ0) is 13.8. The monoisotopic (exact) mass is 272 g/mol. The number of nitrogens with zero attached hydrogens (tertiary/aromatic N) is 1. The van der Waals surface area contributed by atoms with Gasteiger partial charge in [-0.25, -0.2) is 0 Å². The van der Waals surface area contributed by atoms with Crippen molar-refractivity contribution in [3.8, 4) is 0 Å². The maximum atomic E-state index is 10.6. The molecule has 1 aromatic carbocycles. The number of nitrogens with one attached hydrogen (secondary N) is 1. The van der Waals surface area contributed by atoms with Crippen LogP contribution >= 0.6 is 11.6 Å². The van der Waals surface area contributed by atoms with Crippen molar-refractivity contribution in [3.05, 3.63) is 38.9 Å². The predicted octanol–water partition coefficient (Wildman–Crippen LogP) is 2.50. The van der Waals surface area contributed by atoms with Gasteiger partial charge in [0.2, 0.25) is 0 Å². The fourth-order valence-corrected chi connectivity index (χ4v) is 1.59. The maximum Gasteiger partial charge on any atom is 0.269 e. The number of rotatable bonds is 6. The van der Waals surface area contributed by atoms with Crippen molar-refractivity contribution in [1.82, 2.24) is 5.32 Å². The van der Waals surface area contributed by atoms with E-state index in [1.807, 2.05) is 6.92 Å². The highest BCUT2D eigenvalue weighted by Crippen LogP contribution is 2.22. The Balaban J connectivity index is 2.67. The minimum atomic E-state index is -0.785. The molecule has 0 bridgehead atoms. The summed E-state index contributed by atoms with van der Waals surface area (Å²) < 4.78 is 0. The van der Waals surface area contributed by atoms with Crippen LogP contribution in [-0.4, -0.2) is 22.2 Å². The highest BCUT2D eigenvalue weighted by Gasteiger charge is 2.17. The Labute approximate surface area is 111 Å². The van der Waals surface area contributed by atoms with Gasteiger partial charge in [0, 0.05) is 30.2 Å². The van der Waals surface area contributed by atoms with Crippen molar-refractivity contribution in [1.29, 1.82) is 0 Å². The van der Waals surface area contributed by atoms with Gasteiger partial charge in [-0.1, -0.05) is 18.5 Å². The highest BCUT2D eigenvalue weighted by molar-refractivity contribution is 6.31. The van der Waals surface area contributed by atoms with Crippen molar-refractivity contribution in [2.75, 3.05) is 6.54 Å². The summed E-state index contributed by atoms with van der Waals surface area (Å²) >= 11 is 5.96. The topological polar surface area (TPSA) is 75.4 Å². The van der Waals surface area contributed by atoms with Crippen LogP contribution < -0.4 is 5.32 Å². The molecule has 0 amide bonds. The van der Waals surface area contributed by atoms with Gasteiger partial charge < -0.3 is 10.4 Å². The maximum absolute atomic E-state index is 10.6. The number of aliphatic hydroxyl groups is 1. The summed E-state index contributed by atoms with van der Waals surface area (Å²) in [5.74, 6) is 0. The molecule has 0 aromatic heterocycles. The molecule has 1 unspecified atom stereocenters. The average molecular weight is 273 g/mol. The van der Waals surface area contributed by atoms with Gasteiger partial charge in [-0.15, -0.1) is 0 Å². The zero-order valence-corrected chi connectivity index (χ0v) is 11.2. The van der Waals surface area contributed by atoms with Crippen LogP contribution in [0.1, 0.15) is 25.8 Å². The van der Waals surface area contributed by atoms with E-state index in [9.17, 15) is 15.2 Å². The molecule has 0 spiro atoms. The smallest absolute Gasteiger partial charge is 0.269 e. The van der Waals surface area contributed by atoms with Crippen LogP contribution in [-0.2, 0) is 6.54 Å². The van der Waals surface area contributed by atoms with Crippen molar-refractivity contribution >= 4 is 17.3 Å². The van der Waals surface area contributed by atoms with Crippen LogP contribution in [0.4, 0.5) is 5.69 Å². The Morgan fingerprint density at radius 1 is 1.56 bits per heavy atom. The molecular formula is C12H17ClN2O3. The Hall–Kier alpha value is -1.17. The molecule has 0 saturated carbocycles. The fourth-order valence-electron chi connectivity index (χ4n) is 1.40. The summed E-state index contributed by atoms with van der Waals surface area (Å²) in [7, 11) is 0. The molecule has 6 heteroatoms. The SMILES string of the molecule is CCC(C)(O)CNCc1cc([N+](=O)[O-])ccc1Cl. The predicted molar refractivity (Wildman–Crippen MR) is 70.7 cm³/mol. The molecule has 0 radical (unpaired) electrons. The average Bonchev–Trinajstić information content (AvgIpc) is 2.31. The minimum Gasteiger partial charge on any atom is -0.389 e. The van der Waals surface area contributed by atoms with Crippen LogP contribution in [0.15, 0.2) is 18.2 Å². The third-order valence-electron chi connectivity index (χ3n) is 2.82. The van der Waals surface area contributed by atoms with E-state index in [4.69, 9.17) is 11.6 Å². The van der Waals surface area contributed by atoms with Gasteiger partial charge in [-0.05, 0) is 25.0 Å². The molecule has 1 aromatic rings. The van der Waals surface area contributed by atoms with Crippen LogP contribution in [0, 0.1) is 10.1 Å². The van der Waals surface area contributed by atoms with E-state index in [1.165, 1.54) is 18.2 Å². The molecule has 0 aliphatic heterocycles. The number of non-ortho nitro benzene ring substituents is 1. The second-order valence-corrected chi connectivity index (χ2v) is 4.89. The van der Waals surface area contributed by atoms with Gasteiger partial charge in [-0.3, -0.25) is 10.1 Å². The Morgan fingerprint density at radius 3 is 2.78 bits per heavy atom. The molecule has 0 saturated heterocycles. The summed E-state index contributed by atoms with van der Waals surface area (Å²) in [4.78, 5) is 10.2. The van der Waals surface area contributed by atoms with E-state index < -0.39 is 10.5 Å². The van der Waals surface area contributed by atoms with Crippen molar-refractivity contribution < 1.29 is 10.0 Å². The summed E-state index contributed by atoms with van der Waals surface area (Å²) in [6.45, 7) is 4.41. The number of hydrogen-bond acceptors (Lipinski definition) is 4. The number of halogens is 1. The molecule has 0 fully saturated rings. The van der Waals surface area contributed by atoms with Gasteiger partial charge in [-0.2, -0.15) is 0 Å². The first kappa shape index (κ1) is 14.9. The zero-order valence-electron chi connectivity index (χ0n) is 10.4. The molecular weight excluding hydrogens is 256 g/mol. The molecule has 18 heavy (non-hydrogen) atoms. The summed E-state index contributed by atoms with van der Waals surface area (Å²) in [6, 6.07) is 4.32. The summed E-state index contributed by atoms with van der Waals surface area (Å²) in [5.41, 5.74) is -0.121. The van der Waals surface area contributed by atoms with E-state index in [2.05, 4.69) is 5.32 Å². The molecule has 0 aliphatic carbocycles. The molecule has 5 nitrogen and oxygen atoms in total. The van der Waals surface area contributed by atoms with E-state index in [-0.39, 0.29) is 5.69 Å². The van der Waals surface area contributed by atoms with E-state index in [0.717, 1.165) is 0 Å². The first-order valence-electron chi connectivity index (χ1n) is 5.71. The standard InChI is InChI=1S/C12H17ClN2O3/c1-3-12(2,16)8-14-7-9-6-10(15(17)18)4-5-11(9)13/h4-6,14,16H,3,7-8H2,1-2H3. The fraction of sp³-hybridized carbons (Fsp3) is 0.500. The van der Waals surface area contributed by atoms with Gasteiger partial charge >= 0.3 is 0 Å². The lowest BCUT2D eigenvalue weighted by Gasteiger charge is -2.21. The molecule has 2 N–H and O–H groups in total. The van der Waals surface area contributed by atoms with Crippen LogP contribution in [0.25, 0.3) is 0 Å². The van der Waals surface area contributed by atoms with Crippen molar-refractivity contribution in [3.63, 3.8) is 0 Å². The molecule has 1 rings (SSSR count). The quantitative estimate of drug-likeness (QED) is 0.616. The third kappa shape index (κ3) is 4.25. The largest absolute Gasteiger partial charge is 0.389 e. The lowest BCUT2D eigenvalue weighted by Crippen LogP contribution is -2.36. The van der Waals surface area contributed by atoms with Crippen LogP contribution in [0.3, 0.4) is 0 Å². The number of hydrogen-bond donors (Lipinski definition) is 2. The van der Waals surface area contributed by atoms with Crippen LogP contribution in [0.5, 0.6) is 0 Å². The van der Waals surface area contributed by atoms with Crippen molar-refractivity contribution in [2.45, 2.75) is 32.4 Å². The first-order chi connectivity index (χ1) is 8.35. The van der Waals surface area contributed by atoms with Gasteiger partial charge in [0.1, 0.15) is 0 Å². The molecule has 0 heterocycles. The van der Waals surface area contributed by atoms with E-state index in [0.29, 0.717) is 30.1 Å². The Bertz CT molecular complexity index is 435. The van der Waals surface area contributed by atoms with Gasteiger partial charge in [0.25, 0.3) is 5.69 Å². The van der Waals surface area contributed by atoms with E-state index >= 15 is 0 Å². The molecule has 0 aliphatic rings. The first-order valence-corrected chi connectivity index (χ1v) is 6.09. The summed E-state index contributed by atoms with van der Waals surface area (Å²) in [6.07, 6.45) is 0.628. The molecule has 100 valence electrons. The third-order valence-corrected chi connectivity index (χ3v) is 3.19. The van der Waals surface area contributed by atoms with Gasteiger partial charge in [0.05, 0.1) is 10.5 Å². The van der Waals surface area contributed by atoms with Crippen LogP contribution in [0.2, 0.25) is 5.02 Å². The lowest BCUT2D eigenvalue weighted by atomic mass is 10.0. The molecule has 1 atom stereocenters. The Kier molecular flexibility index (Phi) is 5.07. The minimum absolute atomic E-state index is 0.0125.